The molecule has 2 saturated carbocycles. The number of rotatable bonds is 12. The lowest BCUT2D eigenvalue weighted by molar-refractivity contribution is -0.302. The number of aliphatic hydroxyl groups excluding tert-OH is 3. The van der Waals surface area contributed by atoms with Crippen LogP contribution in [0.1, 0.15) is 238 Å². The first-order chi connectivity index (χ1) is 57.2. The number of aliphatic hydroxyl groups is 5. The number of hydrogen-bond donors (Lipinski definition) is 5. The van der Waals surface area contributed by atoms with Crippen molar-refractivity contribution in [3.63, 3.8) is 0 Å². The molecule has 4 saturated heterocycles. The number of ketones is 5. The van der Waals surface area contributed by atoms with E-state index in [4.69, 9.17) is 59.0 Å². The van der Waals surface area contributed by atoms with Crippen LogP contribution in [0.15, 0.2) is 70.9 Å². The fraction of sp³-hybridized carbons (Fsp3) is 0.777. The van der Waals surface area contributed by atoms with E-state index in [1.807, 2.05) is 91.0 Å². The van der Waals surface area contributed by atoms with Gasteiger partial charge in [-0.1, -0.05) is 116 Å². The summed E-state index contributed by atoms with van der Waals surface area (Å²) in [6, 6.07) is -2.26. The third-order valence-electron chi connectivity index (χ3n) is 27.3. The van der Waals surface area contributed by atoms with Crippen LogP contribution in [-0.2, 0) is 90.5 Å². The second-order valence-electron chi connectivity index (χ2n) is 36.7. The maximum Gasteiger partial charge on any atom is 0.329 e. The summed E-state index contributed by atoms with van der Waals surface area (Å²) in [4.78, 5) is 129. The zero-order valence-electron chi connectivity index (χ0n) is 75.7. The zero-order chi connectivity index (χ0) is 89.7. The molecule has 6 heterocycles. The molecular weight excluding hydrogens is 1580 g/mol. The molecule has 6 aliphatic heterocycles. The van der Waals surface area contributed by atoms with Gasteiger partial charge in [-0.15, -0.1) is 11.6 Å². The van der Waals surface area contributed by atoms with Crippen molar-refractivity contribution in [1.29, 1.82) is 0 Å². The number of methoxy groups -OCH3 is 6. The summed E-state index contributed by atoms with van der Waals surface area (Å²) in [6.07, 6.45) is 16.3. The van der Waals surface area contributed by atoms with E-state index in [1.165, 1.54) is 31.1 Å². The van der Waals surface area contributed by atoms with Gasteiger partial charge in [-0.25, -0.2) is 9.59 Å². The molecule has 4 bridgehead atoms. The number of nitrogens with zero attached hydrogens (tertiary/aromatic N) is 2. The Kier molecular flexibility index (Phi) is 40.5. The molecule has 0 aromatic carbocycles. The van der Waals surface area contributed by atoms with Crippen LogP contribution in [-0.4, -0.2) is 252 Å². The van der Waals surface area contributed by atoms with Crippen LogP contribution in [0, 0.1) is 65.1 Å². The molecule has 8 aliphatic rings. The number of allylic oxidation sites excluding steroid dienone is 9. The Balaban J connectivity index is 0.000000337. The molecule has 27 heteroatoms. The first-order valence-electron chi connectivity index (χ1n) is 44.7. The van der Waals surface area contributed by atoms with Crippen molar-refractivity contribution in [2.24, 2.45) is 65.1 Å². The van der Waals surface area contributed by atoms with Crippen molar-refractivity contribution >= 4 is 64.3 Å². The number of carbonyl (C=O) groups is 9. The third-order valence-corrected chi connectivity index (χ3v) is 27.8. The Bertz CT molecular complexity index is 3650. The molecule has 0 aromatic rings. The van der Waals surface area contributed by atoms with E-state index in [0.29, 0.717) is 107 Å². The standard InChI is InChI=1S/C51H79NO13.C43H68ClNO11/c1-30-16-12-11-13-17-31(2)42(61-8)28-38-21-19-36(7)51(60,65-38)48(57)49(58)52-23-15-14-18-39(52)50(59)64-43(33(4)26-37-20-22-40(53)44(27-37)62-9)29-41(54)32(3)25-35(6)46(56)47(63-10)45(55)34(5)24-30;1-10-30-18-24(2)17-25(3)19-36(53-8)39-37(54-9)21-27(5)43(51,56-39)40(48)41(49)45-16-12-11-13-32(45)42(50)55-38(28(6)33(46)23-34(30)47)26(4)20-29-14-15-31(44)35(22-29)52-7/h11-13,16-17,25,30,32-34,36-40,42-44,46-47,53,56,60H,14-15,18-24,26-29H2,1-10H3;18,20,25,27-33,35-39,46,51H,10-17,19,21-23H2,1-9H3/b13-11+,16-12+,31-17+,35-25+;24-18+,26-20+/t30-,32-,33-,34-,36-,37+,38+,39+,40-,42+,43+,44-,46-,47+,51-;25-,27+,28+,29-,30+,31+,32-,33-,35+,36-,37-,38+,39+,43+/m10/s1. The van der Waals surface area contributed by atoms with Gasteiger partial charge in [0.05, 0.1) is 54.2 Å². The van der Waals surface area contributed by atoms with E-state index in [0.717, 1.165) is 30.4 Å². The van der Waals surface area contributed by atoms with Gasteiger partial charge in [0, 0.05) is 111 Å². The second-order valence-corrected chi connectivity index (χ2v) is 37.3. The highest BCUT2D eigenvalue weighted by Gasteiger charge is 2.58. The molecular formula is C94H147ClN2O24. The minimum absolute atomic E-state index is 0.0193. The number of Topliss-reactive ketones (excluding diaryl/α,β-unsaturated/α-hetero) is 5. The fourth-order valence-corrected chi connectivity index (χ4v) is 19.8. The maximum atomic E-state index is 14.4. The largest absolute Gasteiger partial charge is 0.460 e. The average molecular weight is 1720 g/mol. The van der Waals surface area contributed by atoms with Crippen molar-refractivity contribution in [1.82, 2.24) is 9.80 Å². The van der Waals surface area contributed by atoms with Crippen LogP contribution in [0.25, 0.3) is 0 Å². The molecule has 0 unspecified atom stereocenters. The molecule has 29 atom stereocenters. The van der Waals surface area contributed by atoms with Crippen LogP contribution < -0.4 is 0 Å². The van der Waals surface area contributed by atoms with Crippen molar-refractivity contribution < 1.29 is 116 Å². The van der Waals surface area contributed by atoms with Gasteiger partial charge in [-0.3, -0.25) is 33.6 Å². The fourth-order valence-electron chi connectivity index (χ4n) is 19.5. The van der Waals surface area contributed by atoms with Crippen molar-refractivity contribution in [3.8, 4) is 0 Å². The maximum absolute atomic E-state index is 14.4. The van der Waals surface area contributed by atoms with Gasteiger partial charge in [-0.05, 0) is 202 Å². The lowest BCUT2D eigenvalue weighted by atomic mass is 9.78. The van der Waals surface area contributed by atoms with Crippen LogP contribution in [0.3, 0.4) is 0 Å². The lowest BCUT2D eigenvalue weighted by Crippen LogP contribution is -2.64. The Morgan fingerprint density at radius 3 is 1.79 bits per heavy atom. The van der Waals surface area contributed by atoms with Gasteiger partial charge in [0.15, 0.2) is 5.78 Å². The monoisotopic (exact) mass is 1720 g/mol. The van der Waals surface area contributed by atoms with Crippen molar-refractivity contribution in [3.05, 3.63) is 70.9 Å². The summed E-state index contributed by atoms with van der Waals surface area (Å²) in [5.41, 5.74) is 2.97. The number of piperidine rings is 2. The van der Waals surface area contributed by atoms with Gasteiger partial charge < -0.3 is 82.7 Å². The Hall–Kier alpha value is -5.56. The highest BCUT2D eigenvalue weighted by Crippen LogP contribution is 2.43. The highest BCUT2D eigenvalue weighted by atomic mass is 35.5. The predicted molar refractivity (Wildman–Crippen MR) is 457 cm³/mol. The summed E-state index contributed by atoms with van der Waals surface area (Å²) in [7, 11) is 9.23. The average Bonchev–Trinajstić information content (AvgIpc) is 0.844. The van der Waals surface area contributed by atoms with Crippen LogP contribution >= 0.6 is 11.6 Å². The first kappa shape index (κ1) is 103. The molecule has 6 fully saturated rings. The number of fused-ring (bicyclic) bond motifs is 6. The summed E-state index contributed by atoms with van der Waals surface area (Å²) < 4.78 is 59.3. The van der Waals surface area contributed by atoms with Gasteiger partial charge in [0.25, 0.3) is 23.4 Å². The molecule has 26 nitrogen and oxygen atoms in total. The van der Waals surface area contributed by atoms with Crippen LogP contribution in [0.2, 0.25) is 0 Å². The highest BCUT2D eigenvalue weighted by molar-refractivity contribution is 6.39. The number of hydrogen-bond acceptors (Lipinski definition) is 24. The van der Waals surface area contributed by atoms with Crippen molar-refractivity contribution in [2.75, 3.05) is 55.7 Å². The molecule has 0 radical (unpaired) electrons. The van der Waals surface area contributed by atoms with E-state index in [-0.39, 0.29) is 110 Å². The number of amides is 2. The Morgan fingerprint density at radius 2 is 1.20 bits per heavy atom. The predicted octanol–water partition coefficient (Wildman–Crippen LogP) is 11.9. The van der Waals surface area contributed by atoms with Gasteiger partial charge in [0.1, 0.15) is 54.2 Å². The number of esters is 2. The zero-order valence-corrected chi connectivity index (χ0v) is 76.4. The first-order valence-corrected chi connectivity index (χ1v) is 45.1. The summed E-state index contributed by atoms with van der Waals surface area (Å²) >= 11 is 6.52. The molecule has 8 rings (SSSR count). The van der Waals surface area contributed by atoms with Crippen LogP contribution in [0.4, 0.5) is 0 Å². The van der Waals surface area contributed by atoms with E-state index in [2.05, 4.69) is 6.92 Å². The van der Waals surface area contributed by atoms with Gasteiger partial charge in [0.2, 0.25) is 11.6 Å². The van der Waals surface area contributed by atoms with E-state index >= 15 is 0 Å². The Morgan fingerprint density at radius 1 is 0.595 bits per heavy atom. The van der Waals surface area contributed by atoms with E-state index in [9.17, 15) is 68.7 Å². The second kappa shape index (κ2) is 47.8. The number of ether oxygens (including phenoxy) is 10. The van der Waals surface area contributed by atoms with Gasteiger partial charge >= 0.3 is 11.9 Å². The van der Waals surface area contributed by atoms with Gasteiger partial charge in [-0.2, -0.15) is 0 Å². The van der Waals surface area contributed by atoms with Crippen LogP contribution in [0.5, 0.6) is 0 Å². The minimum Gasteiger partial charge on any atom is -0.460 e. The molecule has 684 valence electrons. The molecule has 0 spiro atoms. The van der Waals surface area contributed by atoms with E-state index in [1.54, 1.807) is 62.0 Å². The normalized spacial score (nSPS) is 41.0. The molecule has 2 amide bonds. The van der Waals surface area contributed by atoms with E-state index < -0.39 is 162 Å². The van der Waals surface area contributed by atoms with Crippen molar-refractivity contribution in [2.45, 2.75) is 346 Å². The minimum atomic E-state index is -2.49. The molecule has 121 heavy (non-hydrogen) atoms. The number of carbonyl (C=O) groups excluding carboxylic acids is 9. The Labute approximate surface area is 724 Å². The lowest BCUT2D eigenvalue weighted by Gasteiger charge is -2.47. The molecule has 0 aromatic heterocycles. The number of alkyl halides is 1. The summed E-state index contributed by atoms with van der Waals surface area (Å²) in [5, 5.41) is 57.4. The SMILES string of the molecule is CC[C@@H]1/C=C(\C)C[C@H](C)C[C@H](OC)[C@H]2O[C@@](O)(C(=O)C(=O)N3CCCC[C@H]3C(=O)O[C@H](/C(C)=C/[C@@H]3CC[C@@H](Cl)[C@H](OC)C3)[C@H](C)[C@@H](O)CC1=O)[C@H](C)C[C@@H]2OC.CO[C@H]1C[C@@H]2CC[C@@H](C)[C@@](O)(O2)C(=O)C(=O)N2CCCC[C@H]2C(=O)O[C@H]([C@H](C)C[C@@H]2CC[C@@H](O)[C@H](OC)C2)CC(=O)[C@H](C)/C=C(\C)[C@@H](O)[C@@H](OC)C(=O)[C@H](C)C[C@H](C)/C=C/C=C/C=C/1C. The molecule has 5 N–H and O–H groups in total. The number of halogens is 1. The smallest absolute Gasteiger partial charge is 0.329 e. The number of cyclic esters (lactones) is 2. The third kappa shape index (κ3) is 27.0. The topological polar surface area (TPSA) is 354 Å². The summed E-state index contributed by atoms with van der Waals surface area (Å²) in [6.45, 7) is 24.1. The quantitative estimate of drug-likeness (QED) is 0.0524. The molecule has 2 aliphatic carbocycles. The summed E-state index contributed by atoms with van der Waals surface area (Å²) in [5.74, 6) is -15.3.